The van der Waals surface area contributed by atoms with Gasteiger partial charge in [-0.3, -0.25) is 19.2 Å². The van der Waals surface area contributed by atoms with Gasteiger partial charge in [0.05, 0.1) is 18.1 Å². The van der Waals surface area contributed by atoms with Gasteiger partial charge in [-0.05, 0) is 25.0 Å². The molecule has 0 spiro atoms. The second-order valence-corrected chi connectivity index (χ2v) is 6.83. The van der Waals surface area contributed by atoms with Crippen molar-refractivity contribution in [2.24, 2.45) is 5.92 Å². The minimum Gasteiger partial charge on any atom is -0.389 e. The van der Waals surface area contributed by atoms with Crippen LogP contribution in [0.2, 0.25) is 0 Å². The van der Waals surface area contributed by atoms with Gasteiger partial charge in [-0.25, -0.2) is 4.39 Å². The third kappa shape index (κ3) is 4.77. The minimum atomic E-state index is -1.03. The molecule has 1 saturated heterocycles. The van der Waals surface area contributed by atoms with Crippen LogP contribution in [0.15, 0.2) is 24.3 Å². The van der Waals surface area contributed by atoms with Gasteiger partial charge in [-0.1, -0.05) is 12.1 Å². The fourth-order valence-electron chi connectivity index (χ4n) is 3.28. The molecule has 0 bridgehead atoms. The van der Waals surface area contributed by atoms with Crippen molar-refractivity contribution in [2.75, 3.05) is 19.7 Å². The van der Waals surface area contributed by atoms with E-state index < -0.39 is 48.5 Å². The summed E-state index contributed by atoms with van der Waals surface area (Å²) in [6.45, 7) is -0.701. The number of rotatable bonds is 8. The van der Waals surface area contributed by atoms with Gasteiger partial charge in [0.2, 0.25) is 11.8 Å². The molecule has 0 aliphatic carbocycles. The van der Waals surface area contributed by atoms with Crippen LogP contribution in [0.4, 0.5) is 4.39 Å². The maximum absolute atomic E-state index is 13.7. The van der Waals surface area contributed by atoms with Crippen LogP contribution in [0.1, 0.15) is 23.3 Å². The van der Waals surface area contributed by atoms with Gasteiger partial charge in [0.25, 0.3) is 5.91 Å². The number of Topliss-reactive ketones (excluding diaryl/α,β-unsaturated/α-hetero) is 1. The van der Waals surface area contributed by atoms with E-state index in [-0.39, 0.29) is 23.5 Å². The number of amides is 3. The summed E-state index contributed by atoms with van der Waals surface area (Å²) in [7, 11) is 0. The van der Waals surface area contributed by atoms with Crippen LogP contribution in [0, 0.1) is 11.7 Å². The summed E-state index contributed by atoms with van der Waals surface area (Å²) in [5.74, 6) is -3.00. The number of hydrogen-bond acceptors (Lipinski definition) is 5. The van der Waals surface area contributed by atoms with E-state index in [1.807, 2.05) is 0 Å². The molecular weight excluding hydrogens is 383 g/mol. The third-order valence-electron chi connectivity index (χ3n) is 4.82. The van der Waals surface area contributed by atoms with Gasteiger partial charge >= 0.3 is 0 Å². The number of aromatic amines is 1. The van der Waals surface area contributed by atoms with E-state index in [0.29, 0.717) is 18.4 Å². The van der Waals surface area contributed by atoms with Crippen molar-refractivity contribution < 1.29 is 28.7 Å². The van der Waals surface area contributed by atoms with Gasteiger partial charge in [0.15, 0.2) is 5.78 Å². The summed E-state index contributed by atoms with van der Waals surface area (Å²) in [6.07, 6.45) is 0.615. The molecule has 9 nitrogen and oxygen atoms in total. The lowest BCUT2D eigenvalue weighted by atomic mass is 9.96. The largest absolute Gasteiger partial charge is 0.389 e. The van der Waals surface area contributed by atoms with Crippen LogP contribution < -0.4 is 16.0 Å². The van der Waals surface area contributed by atoms with Crippen molar-refractivity contribution in [1.29, 1.82) is 0 Å². The van der Waals surface area contributed by atoms with Crippen molar-refractivity contribution in [2.45, 2.75) is 18.9 Å². The standard InChI is InChI=1S/C19H21FN4O5/c20-12-3-1-2-10-6-14(24-17(10)12)19(29)22-8-16(27)23-13(15(26)9-25)7-11-4-5-21-18(11)28/h1-3,6,11,13,24-25H,4-5,7-9H2,(H,21,28)(H,22,29)(H,23,27)/t11-,13-/m0/s1. The molecule has 0 saturated carbocycles. The molecule has 29 heavy (non-hydrogen) atoms. The Morgan fingerprint density at radius 1 is 1.31 bits per heavy atom. The van der Waals surface area contributed by atoms with Gasteiger partial charge < -0.3 is 26.0 Å². The first-order valence-corrected chi connectivity index (χ1v) is 9.15. The molecule has 2 atom stereocenters. The molecule has 1 fully saturated rings. The summed E-state index contributed by atoms with van der Waals surface area (Å²) in [5, 5.41) is 17.1. The molecule has 1 aliphatic rings. The molecule has 0 radical (unpaired) electrons. The normalized spacial score (nSPS) is 17.0. The summed E-state index contributed by atoms with van der Waals surface area (Å²) >= 11 is 0. The fourth-order valence-corrected chi connectivity index (χ4v) is 3.28. The predicted octanol–water partition coefficient (Wildman–Crippen LogP) is -0.391. The number of halogens is 1. The maximum Gasteiger partial charge on any atom is 0.268 e. The molecule has 2 heterocycles. The molecule has 1 aromatic heterocycles. The lowest BCUT2D eigenvalue weighted by molar-refractivity contribution is -0.130. The zero-order chi connectivity index (χ0) is 21.0. The number of hydrogen-bond donors (Lipinski definition) is 5. The smallest absolute Gasteiger partial charge is 0.268 e. The Morgan fingerprint density at radius 2 is 2.10 bits per heavy atom. The first-order valence-electron chi connectivity index (χ1n) is 9.15. The van der Waals surface area contributed by atoms with E-state index in [4.69, 9.17) is 5.11 Å². The molecular formula is C19H21FN4O5. The third-order valence-corrected chi connectivity index (χ3v) is 4.82. The highest BCUT2D eigenvalue weighted by Gasteiger charge is 2.31. The minimum absolute atomic E-state index is 0.0756. The van der Waals surface area contributed by atoms with E-state index in [1.54, 1.807) is 6.07 Å². The first kappa shape index (κ1) is 20.5. The zero-order valence-corrected chi connectivity index (χ0v) is 15.5. The van der Waals surface area contributed by atoms with Crippen LogP contribution in [-0.2, 0) is 14.4 Å². The molecule has 2 aromatic rings. The van der Waals surface area contributed by atoms with Gasteiger partial charge in [0, 0.05) is 17.8 Å². The number of nitrogens with one attached hydrogen (secondary N) is 4. The molecule has 1 aliphatic heterocycles. The number of fused-ring (bicyclic) bond motifs is 1. The summed E-state index contributed by atoms with van der Waals surface area (Å²) in [5.41, 5.74) is 0.272. The number of carbonyl (C=O) groups is 4. The maximum atomic E-state index is 13.7. The Hall–Kier alpha value is -3.27. The average molecular weight is 404 g/mol. The van der Waals surface area contributed by atoms with Crippen LogP contribution in [0.5, 0.6) is 0 Å². The Kier molecular flexibility index (Phi) is 6.23. The summed E-state index contributed by atoms with van der Waals surface area (Å²) < 4.78 is 13.7. The molecule has 1 aromatic carbocycles. The van der Waals surface area contributed by atoms with Crippen molar-refractivity contribution >= 4 is 34.4 Å². The number of para-hydroxylation sites is 1. The Labute approximate surface area is 165 Å². The monoisotopic (exact) mass is 404 g/mol. The Balaban J connectivity index is 1.57. The second-order valence-electron chi connectivity index (χ2n) is 6.83. The Morgan fingerprint density at radius 3 is 2.76 bits per heavy atom. The van der Waals surface area contributed by atoms with E-state index in [9.17, 15) is 23.6 Å². The number of carbonyl (C=O) groups excluding carboxylic acids is 4. The van der Waals surface area contributed by atoms with E-state index >= 15 is 0 Å². The van der Waals surface area contributed by atoms with E-state index in [2.05, 4.69) is 20.9 Å². The summed E-state index contributed by atoms with van der Waals surface area (Å²) in [4.78, 5) is 50.6. The average Bonchev–Trinajstić information content (AvgIpc) is 3.32. The predicted molar refractivity (Wildman–Crippen MR) is 100 cm³/mol. The highest BCUT2D eigenvalue weighted by Crippen LogP contribution is 2.18. The summed E-state index contributed by atoms with van der Waals surface area (Å²) in [6, 6.07) is 4.85. The van der Waals surface area contributed by atoms with E-state index in [1.165, 1.54) is 18.2 Å². The SMILES string of the molecule is O=C(CNC(=O)c1cc2cccc(F)c2[nH]1)N[C@@H](C[C@@H]1CCNC1=O)C(=O)CO. The Bertz CT molecular complexity index is 957. The lowest BCUT2D eigenvalue weighted by Gasteiger charge is -2.19. The fraction of sp³-hybridized carbons (Fsp3) is 0.368. The number of aliphatic hydroxyl groups excluding tert-OH is 1. The molecule has 10 heteroatoms. The van der Waals surface area contributed by atoms with Gasteiger partial charge in [-0.2, -0.15) is 0 Å². The van der Waals surface area contributed by atoms with Crippen LogP contribution in [0.25, 0.3) is 10.9 Å². The number of H-pyrrole nitrogens is 1. The molecule has 154 valence electrons. The molecule has 3 amide bonds. The number of aliphatic hydroxyl groups is 1. The first-order chi connectivity index (χ1) is 13.9. The number of aromatic nitrogens is 1. The van der Waals surface area contributed by atoms with Crippen molar-refractivity contribution in [3.8, 4) is 0 Å². The zero-order valence-electron chi connectivity index (χ0n) is 15.5. The van der Waals surface area contributed by atoms with Gasteiger partial charge in [0.1, 0.15) is 18.1 Å². The van der Waals surface area contributed by atoms with Gasteiger partial charge in [-0.15, -0.1) is 0 Å². The molecule has 0 unspecified atom stereocenters. The van der Waals surface area contributed by atoms with Crippen molar-refractivity contribution in [3.05, 3.63) is 35.8 Å². The van der Waals surface area contributed by atoms with Crippen molar-refractivity contribution in [3.63, 3.8) is 0 Å². The topological polar surface area (TPSA) is 140 Å². The van der Waals surface area contributed by atoms with E-state index in [0.717, 1.165) is 0 Å². The highest BCUT2D eigenvalue weighted by molar-refractivity contribution is 6.00. The number of benzene rings is 1. The van der Waals surface area contributed by atoms with Crippen molar-refractivity contribution in [1.82, 2.24) is 20.9 Å². The number of ketones is 1. The molecule has 3 rings (SSSR count). The lowest BCUT2D eigenvalue weighted by Crippen LogP contribution is -2.47. The van der Waals surface area contributed by atoms with Crippen LogP contribution in [0.3, 0.4) is 0 Å². The van der Waals surface area contributed by atoms with Crippen LogP contribution in [-0.4, -0.2) is 59.3 Å². The second kappa shape index (κ2) is 8.82. The van der Waals surface area contributed by atoms with Crippen LogP contribution >= 0.6 is 0 Å². The quantitative estimate of drug-likeness (QED) is 0.408. The molecule has 5 N–H and O–H groups in total. The highest BCUT2D eigenvalue weighted by atomic mass is 19.1.